The lowest BCUT2D eigenvalue weighted by Crippen LogP contribution is -2.41. The Morgan fingerprint density at radius 1 is 0.891 bits per heavy atom. The molecule has 1 saturated heterocycles. The Kier molecular flexibility index (Phi) is 9.94. The Morgan fingerprint density at radius 2 is 1.74 bits per heavy atom. The molecule has 4 aromatic rings. The smallest absolute Gasteiger partial charge is 0.254 e. The fourth-order valence-electron chi connectivity index (χ4n) is 6.28. The third-order valence-electron chi connectivity index (χ3n) is 8.78. The van der Waals surface area contributed by atoms with Gasteiger partial charge < -0.3 is 19.3 Å². The number of ether oxygens (including phenoxy) is 2. The number of carbonyl (C=O) groups is 2. The zero-order chi connectivity index (χ0) is 31.9. The highest BCUT2D eigenvalue weighted by Gasteiger charge is 2.22. The molecule has 2 aliphatic heterocycles. The summed E-state index contributed by atoms with van der Waals surface area (Å²) in [7, 11) is 1.79. The van der Waals surface area contributed by atoms with E-state index in [0.717, 1.165) is 59.0 Å². The summed E-state index contributed by atoms with van der Waals surface area (Å²) in [6, 6.07) is 23.6. The normalized spacial score (nSPS) is 16.0. The van der Waals surface area contributed by atoms with E-state index in [2.05, 4.69) is 16.0 Å². The van der Waals surface area contributed by atoms with Gasteiger partial charge in [0, 0.05) is 67.8 Å². The zero-order valence-electron chi connectivity index (χ0n) is 26.8. The molecule has 0 aliphatic carbocycles. The molecule has 3 heterocycles. The molecule has 8 heteroatoms. The minimum atomic E-state index is -0.0867. The maximum atomic E-state index is 14.1. The van der Waals surface area contributed by atoms with Gasteiger partial charge in [0.1, 0.15) is 18.1 Å². The summed E-state index contributed by atoms with van der Waals surface area (Å²) < 4.78 is 12.3. The van der Waals surface area contributed by atoms with E-state index in [1.807, 2.05) is 79.9 Å². The summed E-state index contributed by atoms with van der Waals surface area (Å²) in [6.45, 7) is 6.90. The Morgan fingerprint density at radius 3 is 2.54 bits per heavy atom. The van der Waals surface area contributed by atoms with Gasteiger partial charge in [-0.1, -0.05) is 24.3 Å². The maximum absolute atomic E-state index is 14.1. The highest BCUT2D eigenvalue weighted by molar-refractivity contribution is 5.95. The van der Waals surface area contributed by atoms with Crippen LogP contribution in [0.4, 0.5) is 0 Å². The van der Waals surface area contributed by atoms with Crippen LogP contribution in [0.15, 0.2) is 85.2 Å². The summed E-state index contributed by atoms with van der Waals surface area (Å²) >= 11 is 0. The molecule has 46 heavy (non-hydrogen) atoms. The second kappa shape index (κ2) is 14.6. The number of rotatable bonds is 6. The molecule has 2 aliphatic rings. The van der Waals surface area contributed by atoms with Gasteiger partial charge in [-0.05, 0) is 98.1 Å². The zero-order valence-corrected chi connectivity index (χ0v) is 26.8. The van der Waals surface area contributed by atoms with Crippen molar-refractivity contribution < 1.29 is 19.1 Å². The number of carbonyl (C=O) groups excluding carboxylic acids is 2. The summed E-state index contributed by atoms with van der Waals surface area (Å²) in [5.74, 6) is 1.43. The quantitative estimate of drug-likeness (QED) is 0.266. The highest BCUT2D eigenvalue weighted by Crippen LogP contribution is 2.29. The second-order valence-corrected chi connectivity index (χ2v) is 12.0. The van der Waals surface area contributed by atoms with E-state index in [0.29, 0.717) is 50.4 Å². The van der Waals surface area contributed by atoms with Crippen molar-refractivity contribution in [1.29, 1.82) is 0 Å². The van der Waals surface area contributed by atoms with Crippen molar-refractivity contribution in [3.8, 4) is 22.6 Å². The number of benzene rings is 3. The average Bonchev–Trinajstić information content (AvgIpc) is 3.60. The van der Waals surface area contributed by atoms with Crippen LogP contribution in [0.3, 0.4) is 0 Å². The predicted octanol–water partition coefficient (Wildman–Crippen LogP) is 5.94. The van der Waals surface area contributed by atoms with Gasteiger partial charge in [-0.25, -0.2) is 0 Å². The van der Waals surface area contributed by atoms with E-state index in [9.17, 15) is 9.59 Å². The largest absolute Gasteiger partial charge is 0.494 e. The van der Waals surface area contributed by atoms with Gasteiger partial charge in [0.25, 0.3) is 11.8 Å². The first-order chi connectivity index (χ1) is 22.5. The van der Waals surface area contributed by atoms with Gasteiger partial charge in [-0.2, -0.15) is 0 Å². The fraction of sp³-hybridized carbons (Fsp3) is 0.342. The maximum Gasteiger partial charge on any atom is 0.254 e. The van der Waals surface area contributed by atoms with Crippen LogP contribution in [0.5, 0.6) is 11.5 Å². The number of pyridine rings is 1. The third-order valence-corrected chi connectivity index (χ3v) is 8.78. The first kappa shape index (κ1) is 31.3. The van der Waals surface area contributed by atoms with Crippen molar-refractivity contribution in [2.24, 2.45) is 0 Å². The van der Waals surface area contributed by atoms with Crippen molar-refractivity contribution in [2.75, 3.05) is 53.0 Å². The number of aromatic nitrogens is 1. The van der Waals surface area contributed by atoms with Gasteiger partial charge >= 0.3 is 0 Å². The van der Waals surface area contributed by atoms with Gasteiger partial charge in [0.2, 0.25) is 0 Å². The first-order valence-electron chi connectivity index (χ1n) is 16.3. The third kappa shape index (κ3) is 7.40. The molecule has 0 N–H and O–H groups in total. The van der Waals surface area contributed by atoms with Crippen molar-refractivity contribution in [2.45, 2.75) is 32.7 Å². The monoisotopic (exact) mass is 618 g/mol. The lowest BCUT2D eigenvalue weighted by Gasteiger charge is -2.27. The van der Waals surface area contributed by atoms with Gasteiger partial charge in [0.05, 0.1) is 13.2 Å². The standard InChI is InChI=1S/C38H42N4O4/c1-3-45-36-14-12-31(25-34(36)27-41-16-4-5-17-41)38(44)42-19-18-40(2)37(43)30-9-6-8-28(22-30)23-33-24-29(32-10-7-15-39-26-32)11-13-35(33)46-21-20-42/h6-15,22,24-26H,3-5,16-21,23,27H2,1-2H3. The number of likely N-dealkylation sites (N-methyl/N-ethyl adjacent to an activating group) is 1. The van der Waals surface area contributed by atoms with Crippen LogP contribution >= 0.6 is 0 Å². The number of hydrogen-bond donors (Lipinski definition) is 0. The van der Waals surface area contributed by atoms with Crippen molar-refractivity contribution in [3.63, 3.8) is 0 Å². The van der Waals surface area contributed by atoms with E-state index in [4.69, 9.17) is 9.47 Å². The number of fused-ring (bicyclic) bond motifs is 3. The SMILES string of the molecule is CCOc1ccc(C(=O)N2CCOc3ccc(-c4cccnc4)cc3Cc3cccc(c3)C(=O)N(C)CC2)cc1CN1CCCC1. The minimum Gasteiger partial charge on any atom is -0.494 e. The summed E-state index contributed by atoms with van der Waals surface area (Å²) in [5.41, 5.74) is 6.36. The number of likely N-dealkylation sites (tertiary alicyclic amines) is 1. The summed E-state index contributed by atoms with van der Waals surface area (Å²) in [5, 5.41) is 0. The molecule has 0 unspecified atom stereocenters. The molecular formula is C38H42N4O4. The van der Waals surface area contributed by atoms with Crippen molar-refractivity contribution >= 4 is 11.8 Å². The van der Waals surface area contributed by atoms with Crippen LogP contribution in [0.2, 0.25) is 0 Å². The van der Waals surface area contributed by atoms with Crippen LogP contribution in [0.25, 0.3) is 11.1 Å². The Hall–Kier alpha value is -4.69. The van der Waals surface area contributed by atoms with Crippen LogP contribution in [0.1, 0.15) is 57.2 Å². The molecule has 0 radical (unpaired) electrons. The van der Waals surface area contributed by atoms with Crippen molar-refractivity contribution in [3.05, 3.63) is 113 Å². The van der Waals surface area contributed by atoms with E-state index in [-0.39, 0.29) is 11.8 Å². The van der Waals surface area contributed by atoms with Gasteiger partial charge in [-0.3, -0.25) is 19.5 Å². The molecule has 0 spiro atoms. The molecule has 2 bridgehead atoms. The van der Waals surface area contributed by atoms with Gasteiger partial charge in [-0.15, -0.1) is 0 Å². The molecule has 2 amide bonds. The fourth-order valence-corrected chi connectivity index (χ4v) is 6.28. The van der Waals surface area contributed by atoms with E-state index >= 15 is 0 Å². The lowest BCUT2D eigenvalue weighted by atomic mass is 9.98. The first-order valence-corrected chi connectivity index (χ1v) is 16.3. The molecule has 8 nitrogen and oxygen atoms in total. The molecule has 6 rings (SSSR count). The molecule has 0 saturated carbocycles. The Labute approximate surface area is 271 Å². The van der Waals surface area contributed by atoms with Crippen LogP contribution < -0.4 is 9.47 Å². The average molecular weight is 619 g/mol. The van der Waals surface area contributed by atoms with E-state index < -0.39 is 0 Å². The number of amides is 2. The molecule has 0 atom stereocenters. The molecule has 1 fully saturated rings. The van der Waals surface area contributed by atoms with E-state index in [1.54, 1.807) is 23.0 Å². The topological polar surface area (TPSA) is 75.2 Å². The minimum absolute atomic E-state index is 0.0686. The molecule has 1 aromatic heterocycles. The van der Waals surface area contributed by atoms with Crippen LogP contribution in [-0.4, -0.2) is 84.5 Å². The number of hydrogen-bond acceptors (Lipinski definition) is 6. The molecule has 3 aromatic carbocycles. The number of nitrogens with zero attached hydrogens (tertiary/aromatic N) is 4. The van der Waals surface area contributed by atoms with Crippen LogP contribution in [-0.2, 0) is 13.0 Å². The molecule has 238 valence electrons. The predicted molar refractivity (Wildman–Crippen MR) is 179 cm³/mol. The van der Waals surface area contributed by atoms with Crippen molar-refractivity contribution in [1.82, 2.24) is 19.7 Å². The molecular weight excluding hydrogens is 576 g/mol. The summed E-state index contributed by atoms with van der Waals surface area (Å²) in [4.78, 5) is 37.8. The second-order valence-electron chi connectivity index (χ2n) is 12.0. The Balaban J connectivity index is 1.29. The Bertz CT molecular complexity index is 1670. The van der Waals surface area contributed by atoms with Gasteiger partial charge in [0.15, 0.2) is 0 Å². The highest BCUT2D eigenvalue weighted by atomic mass is 16.5. The lowest BCUT2D eigenvalue weighted by molar-refractivity contribution is 0.0668. The van der Waals surface area contributed by atoms with E-state index in [1.165, 1.54) is 12.8 Å². The summed E-state index contributed by atoms with van der Waals surface area (Å²) in [6.07, 6.45) is 6.60. The van der Waals surface area contributed by atoms with Crippen LogP contribution in [0, 0.1) is 0 Å².